The molecule has 1 atom stereocenters. The van der Waals surface area contributed by atoms with Gasteiger partial charge in [0.15, 0.2) is 0 Å². The maximum atomic E-state index is 11.8. The Hall–Kier alpha value is -1.40. The predicted octanol–water partition coefficient (Wildman–Crippen LogP) is 3.42. The van der Waals surface area contributed by atoms with Crippen molar-refractivity contribution in [3.05, 3.63) is 38.0 Å². The first-order valence-electron chi connectivity index (χ1n) is 6.54. The molecule has 0 spiro atoms. The Labute approximate surface area is 127 Å². The van der Waals surface area contributed by atoms with Crippen molar-refractivity contribution in [3.8, 4) is 0 Å². The number of hydrogen-bond acceptors (Lipinski definition) is 4. The standard InChI is InChI=1S/C14H19N3OS2/c1-9(12-5-4-6-19-12)7-15-14(18)16-8-13-10(2)17-11(3)20-13/h4-6,9H,7-8H2,1-3H3,(H2,15,16,18). The van der Waals surface area contributed by atoms with Crippen LogP contribution in [0.5, 0.6) is 0 Å². The summed E-state index contributed by atoms with van der Waals surface area (Å²) in [7, 11) is 0. The largest absolute Gasteiger partial charge is 0.338 e. The molecule has 0 bridgehead atoms. The van der Waals surface area contributed by atoms with Crippen molar-refractivity contribution in [2.75, 3.05) is 6.54 Å². The molecule has 2 aromatic rings. The van der Waals surface area contributed by atoms with E-state index in [1.807, 2.05) is 19.9 Å². The molecule has 0 fully saturated rings. The molecule has 4 nitrogen and oxygen atoms in total. The molecule has 0 aliphatic carbocycles. The van der Waals surface area contributed by atoms with E-state index in [-0.39, 0.29) is 6.03 Å². The normalized spacial score (nSPS) is 12.2. The molecule has 0 saturated carbocycles. The summed E-state index contributed by atoms with van der Waals surface area (Å²) in [6.45, 7) is 7.24. The Morgan fingerprint density at radius 2 is 2.20 bits per heavy atom. The molecule has 0 aliphatic heterocycles. The Bertz CT molecular complexity index is 563. The minimum atomic E-state index is -0.126. The van der Waals surface area contributed by atoms with E-state index in [2.05, 4.69) is 34.0 Å². The van der Waals surface area contributed by atoms with Crippen LogP contribution >= 0.6 is 22.7 Å². The summed E-state index contributed by atoms with van der Waals surface area (Å²) in [5.74, 6) is 0.341. The number of nitrogens with one attached hydrogen (secondary N) is 2. The number of carbonyl (C=O) groups is 1. The zero-order valence-electron chi connectivity index (χ0n) is 11.9. The van der Waals surface area contributed by atoms with Crippen LogP contribution in [0.3, 0.4) is 0 Å². The third kappa shape index (κ3) is 4.05. The van der Waals surface area contributed by atoms with Crippen LogP contribution in [0.25, 0.3) is 0 Å². The van der Waals surface area contributed by atoms with Crippen LogP contribution in [0.15, 0.2) is 17.5 Å². The van der Waals surface area contributed by atoms with Crippen LogP contribution < -0.4 is 10.6 Å². The number of rotatable bonds is 5. The lowest BCUT2D eigenvalue weighted by Crippen LogP contribution is -2.36. The fourth-order valence-electron chi connectivity index (χ4n) is 1.88. The van der Waals surface area contributed by atoms with E-state index in [1.54, 1.807) is 22.7 Å². The molecule has 0 aliphatic rings. The maximum Gasteiger partial charge on any atom is 0.315 e. The Morgan fingerprint density at radius 1 is 1.40 bits per heavy atom. The average molecular weight is 309 g/mol. The average Bonchev–Trinajstić information content (AvgIpc) is 3.03. The van der Waals surface area contributed by atoms with Gasteiger partial charge in [-0.25, -0.2) is 9.78 Å². The van der Waals surface area contributed by atoms with Crippen molar-refractivity contribution in [3.63, 3.8) is 0 Å². The van der Waals surface area contributed by atoms with Crippen molar-refractivity contribution in [2.24, 2.45) is 0 Å². The van der Waals surface area contributed by atoms with E-state index in [1.165, 1.54) is 4.88 Å². The first-order valence-corrected chi connectivity index (χ1v) is 8.24. The van der Waals surface area contributed by atoms with E-state index in [4.69, 9.17) is 0 Å². The molecular weight excluding hydrogens is 290 g/mol. The summed E-state index contributed by atoms with van der Waals surface area (Å²) in [4.78, 5) is 18.5. The number of thiazole rings is 1. The van der Waals surface area contributed by atoms with Gasteiger partial charge in [0.2, 0.25) is 0 Å². The van der Waals surface area contributed by atoms with Crippen LogP contribution in [-0.2, 0) is 6.54 Å². The van der Waals surface area contributed by atoms with Crippen LogP contribution in [0.2, 0.25) is 0 Å². The molecule has 0 radical (unpaired) electrons. The van der Waals surface area contributed by atoms with Gasteiger partial charge in [0.25, 0.3) is 0 Å². The first kappa shape index (κ1) is 15.0. The lowest BCUT2D eigenvalue weighted by atomic mass is 10.1. The van der Waals surface area contributed by atoms with Gasteiger partial charge >= 0.3 is 6.03 Å². The molecule has 2 heterocycles. The molecule has 2 N–H and O–H groups in total. The Balaban J connectivity index is 1.74. The summed E-state index contributed by atoms with van der Waals surface area (Å²) < 4.78 is 0. The van der Waals surface area contributed by atoms with Gasteiger partial charge in [0, 0.05) is 22.2 Å². The molecule has 2 aromatic heterocycles. The van der Waals surface area contributed by atoms with Crippen LogP contribution in [0, 0.1) is 13.8 Å². The van der Waals surface area contributed by atoms with Gasteiger partial charge < -0.3 is 10.6 Å². The van der Waals surface area contributed by atoms with E-state index in [0.29, 0.717) is 19.0 Å². The summed E-state index contributed by atoms with van der Waals surface area (Å²) in [5.41, 5.74) is 1.000. The highest BCUT2D eigenvalue weighted by Gasteiger charge is 2.10. The van der Waals surface area contributed by atoms with Crippen molar-refractivity contribution >= 4 is 28.7 Å². The summed E-state index contributed by atoms with van der Waals surface area (Å²) in [6.07, 6.45) is 0. The van der Waals surface area contributed by atoms with Gasteiger partial charge in [-0.3, -0.25) is 0 Å². The number of thiophene rings is 1. The molecule has 0 aromatic carbocycles. The SMILES string of the molecule is Cc1nc(C)c(CNC(=O)NCC(C)c2cccs2)s1. The molecule has 2 rings (SSSR count). The summed E-state index contributed by atoms with van der Waals surface area (Å²) in [5, 5.41) is 8.88. The predicted molar refractivity (Wildman–Crippen MR) is 84.6 cm³/mol. The number of aromatic nitrogens is 1. The minimum Gasteiger partial charge on any atom is -0.338 e. The minimum absolute atomic E-state index is 0.126. The number of amides is 2. The molecular formula is C14H19N3OS2. The fraction of sp³-hybridized carbons (Fsp3) is 0.429. The van der Waals surface area contributed by atoms with Crippen LogP contribution in [-0.4, -0.2) is 17.6 Å². The summed E-state index contributed by atoms with van der Waals surface area (Å²) >= 11 is 3.35. The highest BCUT2D eigenvalue weighted by molar-refractivity contribution is 7.11. The van der Waals surface area contributed by atoms with E-state index < -0.39 is 0 Å². The second kappa shape index (κ2) is 6.85. The molecule has 20 heavy (non-hydrogen) atoms. The topological polar surface area (TPSA) is 54.0 Å². The van der Waals surface area contributed by atoms with E-state index in [9.17, 15) is 4.79 Å². The molecule has 2 amide bonds. The number of carbonyl (C=O) groups excluding carboxylic acids is 1. The van der Waals surface area contributed by atoms with Gasteiger partial charge in [-0.15, -0.1) is 22.7 Å². The second-order valence-electron chi connectivity index (χ2n) is 4.72. The van der Waals surface area contributed by atoms with E-state index >= 15 is 0 Å². The molecule has 1 unspecified atom stereocenters. The smallest absolute Gasteiger partial charge is 0.315 e. The summed E-state index contributed by atoms with van der Waals surface area (Å²) in [6, 6.07) is 4.00. The van der Waals surface area contributed by atoms with Gasteiger partial charge in [0.05, 0.1) is 17.2 Å². The third-order valence-electron chi connectivity index (χ3n) is 3.01. The third-order valence-corrected chi connectivity index (χ3v) is 5.18. The zero-order chi connectivity index (χ0) is 14.5. The lowest BCUT2D eigenvalue weighted by molar-refractivity contribution is 0.240. The van der Waals surface area contributed by atoms with E-state index in [0.717, 1.165) is 15.6 Å². The maximum absolute atomic E-state index is 11.8. The van der Waals surface area contributed by atoms with Crippen molar-refractivity contribution in [1.29, 1.82) is 0 Å². The Morgan fingerprint density at radius 3 is 2.80 bits per heavy atom. The highest BCUT2D eigenvalue weighted by atomic mass is 32.1. The van der Waals surface area contributed by atoms with Gasteiger partial charge in [-0.05, 0) is 25.3 Å². The van der Waals surface area contributed by atoms with Gasteiger partial charge in [0.1, 0.15) is 0 Å². The number of aryl methyl sites for hydroxylation is 2. The van der Waals surface area contributed by atoms with Crippen molar-refractivity contribution in [2.45, 2.75) is 33.2 Å². The number of hydrogen-bond donors (Lipinski definition) is 2. The molecule has 0 saturated heterocycles. The first-order chi connectivity index (χ1) is 9.56. The number of nitrogens with zero attached hydrogens (tertiary/aromatic N) is 1. The Kier molecular flexibility index (Phi) is 5.14. The van der Waals surface area contributed by atoms with Gasteiger partial charge in [-0.1, -0.05) is 13.0 Å². The van der Waals surface area contributed by atoms with Crippen molar-refractivity contribution in [1.82, 2.24) is 15.6 Å². The van der Waals surface area contributed by atoms with Gasteiger partial charge in [-0.2, -0.15) is 0 Å². The fourth-order valence-corrected chi connectivity index (χ4v) is 3.54. The van der Waals surface area contributed by atoms with Crippen molar-refractivity contribution < 1.29 is 4.79 Å². The molecule has 108 valence electrons. The van der Waals surface area contributed by atoms with Crippen LogP contribution in [0.1, 0.15) is 33.3 Å². The van der Waals surface area contributed by atoms with Crippen LogP contribution in [0.4, 0.5) is 4.79 Å². The quantitative estimate of drug-likeness (QED) is 0.889. The number of urea groups is 1. The highest BCUT2D eigenvalue weighted by Crippen LogP contribution is 2.19. The second-order valence-corrected chi connectivity index (χ2v) is 6.99. The monoisotopic (exact) mass is 309 g/mol. The molecule has 6 heteroatoms. The zero-order valence-corrected chi connectivity index (χ0v) is 13.5. The lowest BCUT2D eigenvalue weighted by Gasteiger charge is -2.11.